The van der Waals surface area contributed by atoms with Crippen molar-refractivity contribution in [2.24, 2.45) is 0 Å². The number of allylic oxidation sites excluding steroid dienone is 2. The van der Waals surface area contributed by atoms with Crippen molar-refractivity contribution in [3.8, 4) is 56.0 Å². The van der Waals surface area contributed by atoms with E-state index in [4.69, 9.17) is 9.97 Å². The maximum Gasteiger partial charge on any atom is 0.159 e. The molecule has 4 nitrogen and oxygen atoms in total. The van der Waals surface area contributed by atoms with Gasteiger partial charge in [0.05, 0.1) is 22.8 Å². The van der Waals surface area contributed by atoms with Crippen LogP contribution in [0.3, 0.4) is 0 Å². The molecule has 0 aliphatic carbocycles. The normalized spacial score (nSPS) is 14.6. The van der Waals surface area contributed by atoms with Gasteiger partial charge in [-0.15, -0.1) is 0 Å². The summed E-state index contributed by atoms with van der Waals surface area (Å²) in [7, 11) is 0. The van der Waals surface area contributed by atoms with Gasteiger partial charge in [0.25, 0.3) is 0 Å². The first-order valence-electron chi connectivity index (χ1n) is 16.0. The van der Waals surface area contributed by atoms with Gasteiger partial charge in [0.1, 0.15) is 6.17 Å². The van der Waals surface area contributed by atoms with E-state index in [-0.39, 0.29) is 6.17 Å². The first-order valence-corrected chi connectivity index (χ1v) is 16.0. The van der Waals surface area contributed by atoms with E-state index in [1.54, 1.807) is 0 Å². The van der Waals surface area contributed by atoms with Gasteiger partial charge >= 0.3 is 0 Å². The Balaban J connectivity index is 1.05. The Bertz CT molecular complexity index is 2250. The van der Waals surface area contributed by atoms with Crippen molar-refractivity contribution in [1.82, 2.24) is 9.97 Å². The molecule has 4 heteroatoms. The Morgan fingerprint density at radius 1 is 0.468 bits per heavy atom. The van der Waals surface area contributed by atoms with E-state index in [9.17, 15) is 0 Å². The summed E-state index contributed by atoms with van der Waals surface area (Å²) in [5, 5.41) is 5.98. The minimum Gasteiger partial charge on any atom is -0.358 e. The highest BCUT2D eigenvalue weighted by atomic mass is 15.4. The number of rotatable bonds is 5. The summed E-state index contributed by atoms with van der Waals surface area (Å²) in [6, 6.07) is 51.3. The molecule has 1 unspecified atom stereocenters. The number of benzene rings is 5. The van der Waals surface area contributed by atoms with Crippen LogP contribution in [0, 0.1) is 0 Å². The Morgan fingerprint density at radius 2 is 1.00 bits per heavy atom. The van der Waals surface area contributed by atoms with E-state index in [2.05, 4.69) is 168 Å². The summed E-state index contributed by atoms with van der Waals surface area (Å²) in [4.78, 5) is 12.5. The summed E-state index contributed by atoms with van der Waals surface area (Å²) in [5.41, 5.74) is 12.0. The molecule has 0 amide bonds. The summed E-state index contributed by atoms with van der Waals surface area (Å²) >= 11 is 0. The van der Waals surface area contributed by atoms with Crippen LogP contribution in [0.5, 0.6) is 0 Å². The van der Waals surface area contributed by atoms with Crippen LogP contribution in [-0.4, -0.2) is 16.1 Å². The quantitative estimate of drug-likeness (QED) is 0.213. The monoisotopic (exact) mass is 602 g/mol. The second-order valence-corrected chi connectivity index (χ2v) is 11.9. The highest BCUT2D eigenvalue weighted by Gasteiger charge is 2.30. The number of nitrogens with one attached hydrogen (secondary N) is 1. The van der Waals surface area contributed by atoms with Crippen LogP contribution in [-0.2, 0) is 0 Å². The molecule has 0 spiro atoms. The third-order valence-corrected chi connectivity index (χ3v) is 9.05. The lowest BCUT2D eigenvalue weighted by Crippen LogP contribution is -2.30. The van der Waals surface area contributed by atoms with Gasteiger partial charge in [-0.3, -0.25) is 0 Å². The Labute approximate surface area is 274 Å². The molecule has 0 radical (unpaired) electrons. The molecule has 0 saturated carbocycles. The Kier molecular flexibility index (Phi) is 6.50. The van der Waals surface area contributed by atoms with Gasteiger partial charge in [-0.2, -0.15) is 0 Å². The molecule has 47 heavy (non-hydrogen) atoms. The number of hydrogen-bond donors (Lipinski definition) is 1. The number of pyridine rings is 2. The minimum absolute atomic E-state index is 0.0912. The van der Waals surface area contributed by atoms with Crippen LogP contribution < -0.4 is 10.2 Å². The van der Waals surface area contributed by atoms with Crippen molar-refractivity contribution in [3.63, 3.8) is 0 Å². The fraction of sp³-hybridized carbons (Fsp3) is 0.0233. The minimum atomic E-state index is 0.0912. The first-order chi connectivity index (χ1) is 23.3. The van der Waals surface area contributed by atoms with Crippen LogP contribution in [0.15, 0.2) is 170 Å². The van der Waals surface area contributed by atoms with Crippen molar-refractivity contribution >= 4 is 22.3 Å². The SMILES string of the molecule is C1=CC2Nc3c(nc(-c4ccc(-c5ccc(-c6cc(-c7ccccc7)nc(-c7ccccc7)c6)cc5)cc4)c4ccccc34)N2C=C1. The highest BCUT2D eigenvalue weighted by Crippen LogP contribution is 2.43. The number of aromatic nitrogens is 2. The van der Waals surface area contributed by atoms with E-state index in [1.165, 1.54) is 16.5 Å². The largest absolute Gasteiger partial charge is 0.358 e. The molecule has 2 aliphatic rings. The van der Waals surface area contributed by atoms with E-state index in [0.29, 0.717) is 0 Å². The predicted octanol–water partition coefficient (Wildman–Crippen LogP) is 10.6. The summed E-state index contributed by atoms with van der Waals surface area (Å²) in [5.74, 6) is 0.964. The fourth-order valence-electron chi connectivity index (χ4n) is 6.65. The molecule has 5 aromatic carbocycles. The van der Waals surface area contributed by atoms with E-state index >= 15 is 0 Å². The third kappa shape index (κ3) is 4.88. The second-order valence-electron chi connectivity index (χ2n) is 11.9. The smallest absolute Gasteiger partial charge is 0.159 e. The van der Waals surface area contributed by atoms with Crippen molar-refractivity contribution < 1.29 is 0 Å². The summed E-state index contributed by atoms with van der Waals surface area (Å²) < 4.78 is 0. The van der Waals surface area contributed by atoms with Crippen LogP contribution in [0.1, 0.15) is 0 Å². The molecule has 4 heterocycles. The van der Waals surface area contributed by atoms with Gasteiger partial charge in [0.2, 0.25) is 0 Å². The molecule has 9 rings (SSSR count). The molecule has 222 valence electrons. The average Bonchev–Trinajstić information content (AvgIpc) is 3.54. The number of anilines is 2. The summed E-state index contributed by atoms with van der Waals surface area (Å²) in [6.07, 6.45) is 8.49. The molecule has 7 aromatic rings. The lowest BCUT2D eigenvalue weighted by atomic mass is 9.96. The number of hydrogen-bond acceptors (Lipinski definition) is 4. The fourth-order valence-corrected chi connectivity index (χ4v) is 6.65. The predicted molar refractivity (Wildman–Crippen MR) is 195 cm³/mol. The molecule has 0 saturated heterocycles. The van der Waals surface area contributed by atoms with Gasteiger partial charge in [0, 0.05) is 33.7 Å². The molecule has 0 bridgehead atoms. The topological polar surface area (TPSA) is 41.1 Å². The maximum absolute atomic E-state index is 5.21. The summed E-state index contributed by atoms with van der Waals surface area (Å²) in [6.45, 7) is 0. The first kappa shape index (κ1) is 27.1. The van der Waals surface area contributed by atoms with Gasteiger partial charge in [-0.1, -0.05) is 140 Å². The van der Waals surface area contributed by atoms with Crippen molar-refractivity contribution in [2.45, 2.75) is 6.17 Å². The second kappa shape index (κ2) is 11.3. The molecular formula is C43H30N4. The molecular weight excluding hydrogens is 573 g/mol. The van der Waals surface area contributed by atoms with Gasteiger partial charge in [-0.05, 0) is 46.5 Å². The van der Waals surface area contributed by atoms with E-state index in [1.807, 2.05) is 12.1 Å². The molecule has 2 aliphatic heterocycles. The lowest BCUT2D eigenvalue weighted by molar-refractivity contribution is 0.896. The molecule has 1 atom stereocenters. The van der Waals surface area contributed by atoms with Crippen LogP contribution in [0.4, 0.5) is 11.5 Å². The number of fused-ring (bicyclic) bond motifs is 5. The van der Waals surface area contributed by atoms with E-state index in [0.717, 1.165) is 61.8 Å². The van der Waals surface area contributed by atoms with Crippen LogP contribution in [0.25, 0.3) is 66.8 Å². The third-order valence-electron chi connectivity index (χ3n) is 9.05. The van der Waals surface area contributed by atoms with E-state index < -0.39 is 0 Å². The Hall–Kier alpha value is -6.26. The van der Waals surface area contributed by atoms with Crippen LogP contribution in [0.2, 0.25) is 0 Å². The molecule has 1 N–H and O–H groups in total. The zero-order valence-electron chi connectivity index (χ0n) is 25.6. The zero-order valence-corrected chi connectivity index (χ0v) is 25.6. The lowest BCUT2D eigenvalue weighted by Gasteiger charge is -2.21. The zero-order chi connectivity index (χ0) is 31.2. The Morgan fingerprint density at radius 3 is 1.62 bits per heavy atom. The average molecular weight is 603 g/mol. The number of nitrogens with zero attached hydrogens (tertiary/aromatic N) is 3. The molecule has 2 aromatic heterocycles. The van der Waals surface area contributed by atoms with Gasteiger partial charge in [-0.25, -0.2) is 9.97 Å². The van der Waals surface area contributed by atoms with Crippen molar-refractivity contribution in [2.75, 3.05) is 10.2 Å². The van der Waals surface area contributed by atoms with Gasteiger partial charge < -0.3 is 10.2 Å². The van der Waals surface area contributed by atoms with Gasteiger partial charge in [0.15, 0.2) is 5.82 Å². The van der Waals surface area contributed by atoms with Crippen LogP contribution >= 0.6 is 0 Å². The van der Waals surface area contributed by atoms with Crippen molar-refractivity contribution in [3.05, 3.63) is 170 Å². The maximum atomic E-state index is 5.21. The standard InChI is InChI=1S/C43H30N4/c1-3-11-32(12-4-1)38-27-35(28-39(44-38)33-13-5-2-6-14-33)31-20-18-29(19-21-31)30-22-24-34(25-23-30)41-36-15-7-8-16-37(36)42-43(46-41)47-26-10-9-17-40(47)45-42/h1-28,40,45H. The molecule has 0 fully saturated rings. The highest BCUT2D eigenvalue weighted by molar-refractivity contribution is 6.07. The van der Waals surface area contributed by atoms with Crippen molar-refractivity contribution in [1.29, 1.82) is 0 Å².